The second-order valence-electron chi connectivity index (χ2n) is 3.40. The topological polar surface area (TPSA) is 3.24 Å². The van der Waals surface area contributed by atoms with Gasteiger partial charge in [0.15, 0.2) is 0 Å². The molecule has 1 saturated heterocycles. The largest absolute Gasteiger partial charge is 0.298 e. The molecule has 1 rings (SSSR count). The molecule has 0 aromatic heterocycles. The lowest BCUT2D eigenvalue weighted by atomic mass is 10.0. The first kappa shape index (κ1) is 7.07. The van der Waals surface area contributed by atoms with Gasteiger partial charge in [-0.3, -0.25) is 4.90 Å². The van der Waals surface area contributed by atoms with Gasteiger partial charge in [-0.2, -0.15) is 0 Å². The van der Waals surface area contributed by atoms with E-state index in [2.05, 4.69) is 25.7 Å². The smallest absolute Gasteiger partial charge is 0.0153 e. The molecule has 0 unspecified atom stereocenters. The monoisotopic (exact) mass is 126 g/mol. The Hall–Kier alpha value is -0.0400. The maximum atomic E-state index is 3.89. The van der Waals surface area contributed by atoms with E-state index in [4.69, 9.17) is 0 Å². The molecule has 1 fully saturated rings. The lowest BCUT2D eigenvalue weighted by Gasteiger charge is -2.29. The summed E-state index contributed by atoms with van der Waals surface area (Å²) < 4.78 is 0. The Kier molecular flexibility index (Phi) is 1.80. The van der Waals surface area contributed by atoms with Crippen molar-refractivity contribution in [2.24, 2.45) is 0 Å². The molecule has 1 aliphatic heterocycles. The standard InChI is InChI=1S/C8H16N/c1-4-9-7-5-6-8(9,2)3/h1,4-7H2,2-3H3. The SMILES string of the molecule is [CH2]CN1CCCC1(C)C. The summed E-state index contributed by atoms with van der Waals surface area (Å²) in [5.74, 6) is 0. The van der Waals surface area contributed by atoms with Gasteiger partial charge in [-0.25, -0.2) is 0 Å². The number of hydrogen-bond acceptors (Lipinski definition) is 1. The van der Waals surface area contributed by atoms with Crippen LogP contribution in [0, 0.1) is 6.92 Å². The summed E-state index contributed by atoms with van der Waals surface area (Å²) in [4.78, 5) is 2.44. The van der Waals surface area contributed by atoms with E-state index in [1.54, 1.807) is 0 Å². The second-order valence-corrected chi connectivity index (χ2v) is 3.40. The lowest BCUT2D eigenvalue weighted by molar-refractivity contribution is 0.194. The predicted octanol–water partition coefficient (Wildman–Crippen LogP) is 1.69. The Morgan fingerprint density at radius 3 is 2.44 bits per heavy atom. The van der Waals surface area contributed by atoms with E-state index >= 15 is 0 Å². The van der Waals surface area contributed by atoms with Gasteiger partial charge in [-0.15, -0.1) is 0 Å². The van der Waals surface area contributed by atoms with Crippen LogP contribution in [0.25, 0.3) is 0 Å². The zero-order chi connectivity index (χ0) is 6.91. The Morgan fingerprint density at radius 1 is 1.56 bits per heavy atom. The van der Waals surface area contributed by atoms with Crippen LogP contribution in [-0.4, -0.2) is 23.5 Å². The van der Waals surface area contributed by atoms with Crippen molar-refractivity contribution in [3.8, 4) is 0 Å². The average Bonchev–Trinajstić information content (AvgIpc) is 2.08. The van der Waals surface area contributed by atoms with E-state index in [0.29, 0.717) is 5.54 Å². The first-order chi connectivity index (χ1) is 4.17. The van der Waals surface area contributed by atoms with Crippen LogP contribution in [0.3, 0.4) is 0 Å². The predicted molar refractivity (Wildman–Crippen MR) is 40.2 cm³/mol. The van der Waals surface area contributed by atoms with Crippen molar-refractivity contribution in [2.45, 2.75) is 32.2 Å². The molecule has 0 bridgehead atoms. The molecule has 1 radical (unpaired) electrons. The molecule has 1 heterocycles. The molecular formula is C8H16N. The molecule has 53 valence electrons. The molecule has 1 heteroatoms. The molecule has 1 aliphatic rings. The van der Waals surface area contributed by atoms with E-state index < -0.39 is 0 Å². The summed E-state index contributed by atoms with van der Waals surface area (Å²) >= 11 is 0. The molecule has 0 aliphatic carbocycles. The summed E-state index contributed by atoms with van der Waals surface area (Å²) in [6, 6.07) is 0. The Balaban J connectivity index is 2.52. The van der Waals surface area contributed by atoms with Crippen molar-refractivity contribution in [3.05, 3.63) is 6.92 Å². The van der Waals surface area contributed by atoms with E-state index in [9.17, 15) is 0 Å². The minimum absolute atomic E-state index is 0.432. The highest BCUT2D eigenvalue weighted by Crippen LogP contribution is 2.26. The van der Waals surface area contributed by atoms with Crippen molar-refractivity contribution in [2.75, 3.05) is 13.1 Å². The first-order valence-electron chi connectivity index (χ1n) is 3.71. The fourth-order valence-corrected chi connectivity index (χ4v) is 1.58. The molecule has 0 aromatic carbocycles. The van der Waals surface area contributed by atoms with Crippen molar-refractivity contribution >= 4 is 0 Å². The molecule has 0 atom stereocenters. The summed E-state index contributed by atoms with van der Waals surface area (Å²) in [6.45, 7) is 10.7. The van der Waals surface area contributed by atoms with Crippen molar-refractivity contribution < 1.29 is 0 Å². The van der Waals surface area contributed by atoms with Crippen LogP contribution in [-0.2, 0) is 0 Å². The molecule has 0 aromatic rings. The zero-order valence-electron chi connectivity index (χ0n) is 6.48. The number of nitrogens with zero attached hydrogens (tertiary/aromatic N) is 1. The van der Waals surface area contributed by atoms with E-state index in [1.807, 2.05) is 0 Å². The average molecular weight is 126 g/mol. The van der Waals surface area contributed by atoms with Gasteiger partial charge in [0.25, 0.3) is 0 Å². The summed E-state index contributed by atoms with van der Waals surface area (Å²) in [5, 5.41) is 0. The molecule has 0 spiro atoms. The molecular weight excluding hydrogens is 110 g/mol. The van der Waals surface area contributed by atoms with Gasteiger partial charge >= 0.3 is 0 Å². The normalized spacial score (nSPS) is 27.0. The molecule has 0 amide bonds. The van der Waals surface area contributed by atoms with Gasteiger partial charge in [0, 0.05) is 5.54 Å². The van der Waals surface area contributed by atoms with Gasteiger partial charge in [0.1, 0.15) is 0 Å². The molecule has 0 N–H and O–H groups in total. The van der Waals surface area contributed by atoms with Crippen LogP contribution in [0.4, 0.5) is 0 Å². The summed E-state index contributed by atoms with van der Waals surface area (Å²) in [5.41, 5.74) is 0.432. The maximum absolute atomic E-state index is 3.89. The van der Waals surface area contributed by atoms with Gasteiger partial charge in [0.05, 0.1) is 0 Å². The van der Waals surface area contributed by atoms with Crippen molar-refractivity contribution in [1.82, 2.24) is 4.90 Å². The summed E-state index contributed by atoms with van der Waals surface area (Å²) in [7, 11) is 0. The van der Waals surface area contributed by atoms with Gasteiger partial charge in [-0.05, 0) is 46.7 Å². The fourth-order valence-electron chi connectivity index (χ4n) is 1.58. The van der Waals surface area contributed by atoms with Gasteiger partial charge in [0.2, 0.25) is 0 Å². The second kappa shape index (κ2) is 2.30. The van der Waals surface area contributed by atoms with Crippen LogP contribution in [0.2, 0.25) is 0 Å². The fraction of sp³-hybridized carbons (Fsp3) is 0.875. The number of rotatable bonds is 1. The lowest BCUT2D eigenvalue weighted by Crippen LogP contribution is -2.37. The first-order valence-corrected chi connectivity index (χ1v) is 3.71. The van der Waals surface area contributed by atoms with E-state index in [1.165, 1.54) is 19.4 Å². The Morgan fingerprint density at radius 2 is 2.22 bits per heavy atom. The Bertz CT molecular complexity index is 96.7. The minimum Gasteiger partial charge on any atom is -0.298 e. The van der Waals surface area contributed by atoms with Crippen LogP contribution < -0.4 is 0 Å². The van der Waals surface area contributed by atoms with Gasteiger partial charge in [-0.1, -0.05) is 0 Å². The van der Waals surface area contributed by atoms with Crippen LogP contribution in [0.1, 0.15) is 26.7 Å². The van der Waals surface area contributed by atoms with Crippen LogP contribution in [0.15, 0.2) is 0 Å². The van der Waals surface area contributed by atoms with Crippen LogP contribution >= 0.6 is 0 Å². The highest BCUT2D eigenvalue weighted by atomic mass is 15.2. The third-order valence-corrected chi connectivity index (χ3v) is 2.34. The Labute approximate surface area is 58.0 Å². The molecule has 9 heavy (non-hydrogen) atoms. The third kappa shape index (κ3) is 1.26. The number of likely N-dealkylation sites (tertiary alicyclic amines) is 1. The maximum Gasteiger partial charge on any atom is 0.0153 e. The van der Waals surface area contributed by atoms with E-state index in [0.717, 1.165) is 6.54 Å². The molecule has 1 nitrogen and oxygen atoms in total. The minimum atomic E-state index is 0.432. The zero-order valence-corrected chi connectivity index (χ0v) is 6.48. The van der Waals surface area contributed by atoms with Gasteiger partial charge < -0.3 is 0 Å². The van der Waals surface area contributed by atoms with Crippen LogP contribution in [0.5, 0.6) is 0 Å². The third-order valence-electron chi connectivity index (χ3n) is 2.34. The highest BCUT2D eigenvalue weighted by molar-refractivity contribution is 4.87. The molecule has 0 saturated carbocycles. The van der Waals surface area contributed by atoms with Crippen molar-refractivity contribution in [1.29, 1.82) is 0 Å². The quantitative estimate of drug-likeness (QED) is 0.517. The number of hydrogen-bond donors (Lipinski definition) is 0. The highest BCUT2D eigenvalue weighted by Gasteiger charge is 2.29. The van der Waals surface area contributed by atoms with E-state index in [-0.39, 0.29) is 0 Å². The summed E-state index contributed by atoms with van der Waals surface area (Å²) in [6.07, 6.45) is 2.69. The van der Waals surface area contributed by atoms with Crippen molar-refractivity contribution in [3.63, 3.8) is 0 Å².